The van der Waals surface area contributed by atoms with E-state index in [9.17, 15) is 4.79 Å². The van der Waals surface area contributed by atoms with Gasteiger partial charge in [0, 0.05) is 29.9 Å². The predicted octanol–water partition coefficient (Wildman–Crippen LogP) is 4.24. The van der Waals surface area contributed by atoms with Gasteiger partial charge in [0.2, 0.25) is 0 Å². The van der Waals surface area contributed by atoms with Gasteiger partial charge in [-0.2, -0.15) is 5.26 Å². The van der Waals surface area contributed by atoms with E-state index in [1.807, 2.05) is 12.1 Å². The first-order valence-electron chi connectivity index (χ1n) is 5.23. The molecule has 1 N–H and O–H groups in total. The summed E-state index contributed by atoms with van der Waals surface area (Å²) in [5, 5.41) is 9.72. The van der Waals surface area contributed by atoms with E-state index in [0.29, 0.717) is 16.3 Å². The summed E-state index contributed by atoms with van der Waals surface area (Å²) >= 11 is 11.7. The fourth-order valence-corrected chi connectivity index (χ4v) is 3.23. The minimum Gasteiger partial charge on any atom is -0.325 e. The number of H-pyrrole nitrogens is 1. The van der Waals surface area contributed by atoms with Crippen molar-refractivity contribution >= 4 is 50.1 Å². The Morgan fingerprint density at radius 2 is 2.05 bits per heavy atom. The highest BCUT2D eigenvalue weighted by molar-refractivity contribution is 14.1. The minimum atomic E-state index is -0.389. The predicted molar refractivity (Wildman–Crippen MR) is 87.4 cm³/mol. The lowest BCUT2D eigenvalue weighted by atomic mass is 10.0. The van der Waals surface area contributed by atoms with Crippen molar-refractivity contribution in [2.45, 2.75) is 6.92 Å². The number of benzene rings is 1. The molecule has 0 radical (unpaired) electrons. The third-order valence-electron chi connectivity index (χ3n) is 2.56. The summed E-state index contributed by atoms with van der Waals surface area (Å²) in [6.45, 7) is 1.77. The molecule has 0 saturated carbocycles. The Morgan fingerprint density at radius 1 is 1.37 bits per heavy atom. The lowest BCUT2D eigenvalue weighted by Gasteiger charge is -2.10. The van der Waals surface area contributed by atoms with Crippen LogP contribution >= 0.6 is 50.1 Å². The number of aryl methyl sites for hydroxylation is 1. The van der Waals surface area contributed by atoms with Gasteiger partial charge in [0.05, 0.1) is 0 Å². The summed E-state index contributed by atoms with van der Waals surface area (Å²) in [5.41, 5.74) is 1.71. The lowest BCUT2D eigenvalue weighted by Crippen LogP contribution is -2.12. The van der Waals surface area contributed by atoms with Gasteiger partial charge in [0.15, 0.2) is 0 Å². The summed E-state index contributed by atoms with van der Waals surface area (Å²) in [7, 11) is 0. The molecule has 0 spiro atoms. The van der Waals surface area contributed by atoms with Gasteiger partial charge in [-0.3, -0.25) is 4.79 Å². The number of hydrogen-bond donors (Lipinski definition) is 1. The molecule has 1 aromatic heterocycles. The summed E-state index contributed by atoms with van der Waals surface area (Å²) < 4.78 is 1.74. The normalized spacial score (nSPS) is 10.3. The van der Waals surface area contributed by atoms with Crippen molar-refractivity contribution in [3.63, 3.8) is 0 Å². The smallest absolute Gasteiger partial charge is 0.266 e. The van der Waals surface area contributed by atoms with Gasteiger partial charge in [0.25, 0.3) is 5.56 Å². The van der Waals surface area contributed by atoms with Gasteiger partial charge in [0.1, 0.15) is 11.6 Å². The second-order valence-corrected chi connectivity index (χ2v) is 6.32. The van der Waals surface area contributed by atoms with Crippen LogP contribution < -0.4 is 5.56 Å². The number of pyridine rings is 1. The minimum absolute atomic E-state index is 0.0874. The van der Waals surface area contributed by atoms with Crippen LogP contribution in [-0.4, -0.2) is 4.98 Å². The molecule has 96 valence electrons. The molecule has 0 unspecified atom stereocenters. The Labute approximate surface area is 136 Å². The zero-order chi connectivity index (χ0) is 14.2. The molecular formula is C13H7BrClIN2O. The summed E-state index contributed by atoms with van der Waals surface area (Å²) in [6, 6.07) is 7.26. The highest BCUT2D eigenvalue weighted by Gasteiger charge is 2.15. The van der Waals surface area contributed by atoms with E-state index in [0.717, 1.165) is 13.6 Å². The van der Waals surface area contributed by atoms with Crippen molar-refractivity contribution in [1.82, 2.24) is 4.98 Å². The highest BCUT2D eigenvalue weighted by atomic mass is 127. The van der Waals surface area contributed by atoms with Gasteiger partial charge in [-0.05, 0) is 63.6 Å². The Kier molecular flexibility index (Phi) is 4.33. The molecule has 1 aromatic carbocycles. The van der Waals surface area contributed by atoms with E-state index in [2.05, 4.69) is 43.5 Å². The van der Waals surface area contributed by atoms with Crippen LogP contribution in [0.1, 0.15) is 11.3 Å². The molecule has 0 amide bonds. The Hall–Kier alpha value is -0.840. The molecule has 2 aromatic rings. The highest BCUT2D eigenvalue weighted by Crippen LogP contribution is 2.35. The number of nitrogens with zero attached hydrogens (tertiary/aromatic N) is 1. The third kappa shape index (κ3) is 2.86. The number of aromatic nitrogens is 1. The van der Waals surface area contributed by atoms with E-state index in [-0.39, 0.29) is 11.1 Å². The summed E-state index contributed by atoms with van der Waals surface area (Å²) in [5.74, 6) is 0. The Morgan fingerprint density at radius 3 is 2.68 bits per heavy atom. The van der Waals surface area contributed by atoms with Crippen molar-refractivity contribution in [1.29, 1.82) is 5.26 Å². The van der Waals surface area contributed by atoms with Gasteiger partial charge in [-0.1, -0.05) is 11.6 Å². The summed E-state index contributed by atoms with van der Waals surface area (Å²) in [6.07, 6.45) is 0. The third-order valence-corrected chi connectivity index (χ3v) is 5.23. The fourth-order valence-electron chi connectivity index (χ4n) is 1.76. The first kappa shape index (κ1) is 14.6. The zero-order valence-corrected chi connectivity index (χ0v) is 14.2. The molecule has 0 atom stereocenters. The monoisotopic (exact) mass is 448 g/mol. The Bertz CT molecular complexity index is 764. The molecule has 0 aliphatic carbocycles. The maximum atomic E-state index is 11.8. The Balaban J connectivity index is 2.87. The van der Waals surface area contributed by atoms with Crippen LogP contribution in [0, 0.1) is 21.8 Å². The van der Waals surface area contributed by atoms with Crippen molar-refractivity contribution in [2.75, 3.05) is 0 Å². The van der Waals surface area contributed by atoms with Gasteiger partial charge >= 0.3 is 0 Å². The van der Waals surface area contributed by atoms with Crippen LogP contribution in [0.3, 0.4) is 0 Å². The van der Waals surface area contributed by atoms with Crippen LogP contribution in [-0.2, 0) is 0 Å². The number of rotatable bonds is 1. The van der Waals surface area contributed by atoms with Crippen LogP contribution in [0.5, 0.6) is 0 Å². The molecule has 0 fully saturated rings. The lowest BCUT2D eigenvalue weighted by molar-refractivity contribution is 1.13. The maximum absolute atomic E-state index is 11.8. The van der Waals surface area contributed by atoms with Gasteiger partial charge in [-0.25, -0.2) is 0 Å². The first-order valence-corrected chi connectivity index (χ1v) is 7.48. The molecule has 0 aliphatic rings. The largest absolute Gasteiger partial charge is 0.325 e. The number of nitriles is 1. The van der Waals surface area contributed by atoms with E-state index in [1.54, 1.807) is 19.1 Å². The molecular weight excluding hydrogens is 442 g/mol. The molecule has 6 heteroatoms. The van der Waals surface area contributed by atoms with Crippen molar-refractivity contribution in [3.05, 3.63) is 52.9 Å². The fraction of sp³-hybridized carbons (Fsp3) is 0.0769. The van der Waals surface area contributed by atoms with Crippen LogP contribution in [0.2, 0.25) is 5.02 Å². The van der Waals surface area contributed by atoms with Gasteiger partial charge < -0.3 is 4.98 Å². The summed E-state index contributed by atoms with van der Waals surface area (Å²) in [4.78, 5) is 14.4. The zero-order valence-electron chi connectivity index (χ0n) is 9.72. The standard InChI is InChI=1S/C13H7BrClIN2O/c1-6-2-8(10(5-17)13(19)18-6)9-3-7(15)4-11(16)12(9)14/h2-4H,1H3,(H,18,19). The average Bonchev–Trinajstić information content (AvgIpc) is 2.33. The van der Waals surface area contributed by atoms with E-state index in [1.165, 1.54) is 0 Å². The SMILES string of the molecule is Cc1cc(-c2cc(Cl)cc(I)c2Br)c(C#N)c(=O)[nH]1. The van der Waals surface area contributed by atoms with Gasteiger partial charge in [-0.15, -0.1) is 0 Å². The van der Waals surface area contributed by atoms with Crippen molar-refractivity contribution in [2.24, 2.45) is 0 Å². The molecule has 2 rings (SSSR count). The van der Waals surface area contributed by atoms with Crippen LogP contribution in [0.4, 0.5) is 0 Å². The van der Waals surface area contributed by atoms with Crippen LogP contribution in [0.15, 0.2) is 27.5 Å². The average molecular weight is 449 g/mol. The maximum Gasteiger partial charge on any atom is 0.266 e. The topological polar surface area (TPSA) is 56.6 Å². The van der Waals surface area contributed by atoms with E-state index in [4.69, 9.17) is 16.9 Å². The van der Waals surface area contributed by atoms with Crippen LogP contribution in [0.25, 0.3) is 11.1 Å². The second kappa shape index (κ2) is 5.65. The second-order valence-electron chi connectivity index (χ2n) is 3.93. The molecule has 0 saturated heterocycles. The molecule has 1 heterocycles. The number of nitrogens with one attached hydrogen (secondary N) is 1. The molecule has 19 heavy (non-hydrogen) atoms. The van der Waals surface area contributed by atoms with Crippen molar-refractivity contribution in [3.8, 4) is 17.2 Å². The molecule has 3 nitrogen and oxygen atoms in total. The number of halogens is 3. The first-order chi connectivity index (χ1) is 8.93. The molecule has 0 bridgehead atoms. The van der Waals surface area contributed by atoms with E-state index < -0.39 is 0 Å². The van der Waals surface area contributed by atoms with Crippen molar-refractivity contribution < 1.29 is 0 Å². The van der Waals surface area contributed by atoms with E-state index >= 15 is 0 Å². The quantitative estimate of drug-likeness (QED) is 0.523. The number of aromatic amines is 1. The number of hydrogen-bond acceptors (Lipinski definition) is 2. The molecule has 0 aliphatic heterocycles.